The van der Waals surface area contributed by atoms with Crippen molar-refractivity contribution in [1.29, 1.82) is 0 Å². The molecule has 1 heterocycles. The Kier molecular flexibility index (Phi) is 4.73. The lowest BCUT2D eigenvalue weighted by Crippen LogP contribution is -2.50. The van der Waals surface area contributed by atoms with Crippen molar-refractivity contribution in [3.8, 4) is 0 Å². The Labute approximate surface area is 95.9 Å². The van der Waals surface area contributed by atoms with Gasteiger partial charge in [0, 0.05) is 6.54 Å². The largest absolute Gasteiger partial charge is 0.469 e. The molecule has 0 aromatic heterocycles. The Morgan fingerprint density at radius 1 is 1.56 bits per heavy atom. The van der Waals surface area contributed by atoms with Gasteiger partial charge in [-0.25, -0.2) is 0 Å². The number of ether oxygens (including phenoxy) is 1. The minimum atomic E-state index is -0.312. The molecule has 5 heteroatoms. The molecule has 1 aliphatic heterocycles. The Morgan fingerprint density at radius 3 is 2.75 bits per heavy atom. The number of piperidine rings is 1. The van der Waals surface area contributed by atoms with Gasteiger partial charge in [-0.15, -0.1) is 0 Å². The summed E-state index contributed by atoms with van der Waals surface area (Å²) in [6, 6.07) is -0.257. The Balaban J connectivity index is 2.62. The van der Waals surface area contributed by atoms with Crippen LogP contribution in [0.2, 0.25) is 0 Å². The summed E-state index contributed by atoms with van der Waals surface area (Å²) in [5.74, 6) is -0.621. The van der Waals surface area contributed by atoms with Gasteiger partial charge in [-0.3, -0.25) is 14.5 Å². The molecule has 1 aliphatic rings. The fraction of sp³-hybridized carbons (Fsp3) is 0.818. The molecule has 16 heavy (non-hydrogen) atoms. The van der Waals surface area contributed by atoms with Gasteiger partial charge in [-0.2, -0.15) is 0 Å². The molecule has 2 atom stereocenters. The van der Waals surface area contributed by atoms with Crippen LogP contribution < -0.4 is 5.73 Å². The van der Waals surface area contributed by atoms with Crippen LogP contribution in [0.1, 0.15) is 26.2 Å². The number of carbonyl (C=O) groups excluding carboxylic acids is 2. The first-order valence-electron chi connectivity index (χ1n) is 5.71. The van der Waals surface area contributed by atoms with E-state index in [1.165, 1.54) is 7.11 Å². The third kappa shape index (κ3) is 2.95. The van der Waals surface area contributed by atoms with Crippen LogP contribution in [0.25, 0.3) is 0 Å². The maximum absolute atomic E-state index is 11.4. The van der Waals surface area contributed by atoms with Gasteiger partial charge in [0.05, 0.1) is 19.1 Å². The topological polar surface area (TPSA) is 72.6 Å². The summed E-state index contributed by atoms with van der Waals surface area (Å²) in [7, 11) is 1.40. The molecular formula is C11H20N2O3. The fourth-order valence-electron chi connectivity index (χ4n) is 2.29. The van der Waals surface area contributed by atoms with Gasteiger partial charge >= 0.3 is 5.97 Å². The minimum absolute atomic E-state index is 0.118. The quantitative estimate of drug-likeness (QED) is 0.694. The molecule has 0 saturated carbocycles. The zero-order chi connectivity index (χ0) is 12.1. The summed E-state index contributed by atoms with van der Waals surface area (Å²) in [5.41, 5.74) is 5.34. The highest BCUT2D eigenvalue weighted by Gasteiger charge is 2.31. The molecule has 0 bridgehead atoms. The summed E-state index contributed by atoms with van der Waals surface area (Å²) in [6.07, 6.45) is 2.42. The molecule has 1 amide bonds. The van der Waals surface area contributed by atoms with E-state index in [0.29, 0.717) is 13.0 Å². The van der Waals surface area contributed by atoms with E-state index in [1.54, 1.807) is 0 Å². The predicted octanol–water partition coefficient (Wildman–Crippen LogP) is 0.135. The van der Waals surface area contributed by atoms with Crippen LogP contribution in [0.15, 0.2) is 0 Å². The Morgan fingerprint density at radius 2 is 2.25 bits per heavy atom. The zero-order valence-electron chi connectivity index (χ0n) is 9.94. The molecule has 5 nitrogen and oxygen atoms in total. The van der Waals surface area contributed by atoms with Crippen LogP contribution in [0.4, 0.5) is 0 Å². The standard InChI is InChI=1S/C11H20N2O3/c1-3-9(10(12)14)13-6-4-5-8(7-13)11(15)16-2/h8-9H,3-7H2,1-2H3,(H2,12,14)/t8-,9?/m0/s1. The predicted molar refractivity (Wildman–Crippen MR) is 59.6 cm³/mol. The summed E-state index contributed by atoms with van der Waals surface area (Å²) in [4.78, 5) is 24.7. The molecule has 2 N–H and O–H groups in total. The normalized spacial score (nSPS) is 23.8. The molecule has 0 radical (unpaired) electrons. The summed E-state index contributed by atoms with van der Waals surface area (Å²) in [5, 5.41) is 0. The molecule has 1 rings (SSSR count). The number of likely N-dealkylation sites (tertiary alicyclic amines) is 1. The van der Waals surface area contributed by atoms with Crippen LogP contribution in [0, 0.1) is 5.92 Å². The molecule has 1 fully saturated rings. The van der Waals surface area contributed by atoms with Crippen LogP contribution in [-0.4, -0.2) is 43.0 Å². The summed E-state index contributed by atoms with van der Waals surface area (Å²) >= 11 is 0. The van der Waals surface area contributed by atoms with E-state index in [1.807, 2.05) is 11.8 Å². The summed E-state index contributed by atoms with van der Waals surface area (Å²) < 4.78 is 4.73. The first-order chi connectivity index (χ1) is 7.60. The Bertz CT molecular complexity index is 268. The molecular weight excluding hydrogens is 208 g/mol. The van der Waals surface area contributed by atoms with Crippen molar-refractivity contribution >= 4 is 11.9 Å². The van der Waals surface area contributed by atoms with Gasteiger partial charge in [0.1, 0.15) is 0 Å². The highest BCUT2D eigenvalue weighted by Crippen LogP contribution is 2.20. The fourth-order valence-corrected chi connectivity index (χ4v) is 2.29. The number of amides is 1. The first kappa shape index (κ1) is 13.0. The number of esters is 1. The second-order valence-electron chi connectivity index (χ2n) is 4.18. The van der Waals surface area contributed by atoms with Crippen LogP contribution in [0.3, 0.4) is 0 Å². The number of hydrogen-bond donors (Lipinski definition) is 1. The van der Waals surface area contributed by atoms with Crippen LogP contribution in [-0.2, 0) is 14.3 Å². The second kappa shape index (κ2) is 5.84. The Hall–Kier alpha value is -1.10. The van der Waals surface area contributed by atoms with Gasteiger partial charge in [-0.1, -0.05) is 6.92 Å². The first-order valence-corrected chi connectivity index (χ1v) is 5.71. The lowest BCUT2D eigenvalue weighted by Gasteiger charge is -2.35. The van der Waals surface area contributed by atoms with E-state index in [0.717, 1.165) is 19.4 Å². The van der Waals surface area contributed by atoms with Crippen molar-refractivity contribution in [3.63, 3.8) is 0 Å². The number of methoxy groups -OCH3 is 1. The second-order valence-corrected chi connectivity index (χ2v) is 4.18. The molecule has 1 saturated heterocycles. The van der Waals surface area contributed by atoms with E-state index in [2.05, 4.69) is 0 Å². The molecule has 1 unspecified atom stereocenters. The van der Waals surface area contributed by atoms with Gasteiger partial charge in [0.15, 0.2) is 0 Å². The third-order valence-electron chi connectivity index (χ3n) is 3.14. The maximum Gasteiger partial charge on any atom is 0.309 e. The van der Waals surface area contributed by atoms with Crippen molar-refractivity contribution in [2.75, 3.05) is 20.2 Å². The number of nitrogens with zero attached hydrogens (tertiary/aromatic N) is 1. The molecule has 0 aromatic carbocycles. The van der Waals surface area contributed by atoms with E-state index >= 15 is 0 Å². The van der Waals surface area contributed by atoms with Crippen molar-refractivity contribution < 1.29 is 14.3 Å². The van der Waals surface area contributed by atoms with Gasteiger partial charge in [-0.05, 0) is 25.8 Å². The average Bonchev–Trinajstić information content (AvgIpc) is 2.29. The molecule has 92 valence electrons. The average molecular weight is 228 g/mol. The van der Waals surface area contributed by atoms with Crippen LogP contribution >= 0.6 is 0 Å². The smallest absolute Gasteiger partial charge is 0.309 e. The highest BCUT2D eigenvalue weighted by molar-refractivity contribution is 5.80. The number of rotatable bonds is 4. The SMILES string of the molecule is CCC(C(N)=O)N1CCC[C@H](C(=O)OC)C1. The minimum Gasteiger partial charge on any atom is -0.469 e. The number of carbonyl (C=O) groups is 2. The van der Waals surface area contributed by atoms with Gasteiger partial charge in [0.25, 0.3) is 0 Å². The monoisotopic (exact) mass is 228 g/mol. The highest BCUT2D eigenvalue weighted by atomic mass is 16.5. The van der Waals surface area contributed by atoms with Crippen molar-refractivity contribution in [3.05, 3.63) is 0 Å². The van der Waals surface area contributed by atoms with E-state index < -0.39 is 0 Å². The summed E-state index contributed by atoms with van der Waals surface area (Å²) in [6.45, 7) is 3.33. The zero-order valence-corrected chi connectivity index (χ0v) is 9.94. The molecule has 0 spiro atoms. The number of nitrogens with two attached hydrogens (primary N) is 1. The van der Waals surface area contributed by atoms with Crippen molar-refractivity contribution in [2.24, 2.45) is 11.7 Å². The van der Waals surface area contributed by atoms with E-state index in [4.69, 9.17) is 10.5 Å². The molecule has 0 aromatic rings. The third-order valence-corrected chi connectivity index (χ3v) is 3.14. The van der Waals surface area contributed by atoms with Gasteiger partial charge in [0.2, 0.25) is 5.91 Å². The van der Waals surface area contributed by atoms with Crippen LogP contribution in [0.5, 0.6) is 0 Å². The number of primary amides is 1. The van der Waals surface area contributed by atoms with E-state index in [-0.39, 0.29) is 23.8 Å². The maximum atomic E-state index is 11.4. The lowest BCUT2D eigenvalue weighted by molar-refractivity contribution is -0.148. The number of hydrogen-bond acceptors (Lipinski definition) is 4. The van der Waals surface area contributed by atoms with Gasteiger partial charge < -0.3 is 10.5 Å². The molecule has 0 aliphatic carbocycles. The van der Waals surface area contributed by atoms with E-state index in [9.17, 15) is 9.59 Å². The lowest BCUT2D eigenvalue weighted by atomic mass is 9.96. The van der Waals surface area contributed by atoms with Crippen molar-refractivity contribution in [1.82, 2.24) is 4.90 Å². The van der Waals surface area contributed by atoms with Crippen molar-refractivity contribution in [2.45, 2.75) is 32.2 Å².